The molecule has 0 saturated heterocycles. The number of rotatable bonds is 2. The maximum atomic E-state index is 12.8. The maximum absolute atomic E-state index is 12.8. The molecule has 1 heterocycles. The van der Waals surface area contributed by atoms with Gasteiger partial charge in [-0.25, -0.2) is 4.39 Å². The van der Waals surface area contributed by atoms with Crippen LogP contribution in [0.15, 0.2) is 29.3 Å². The Labute approximate surface area is 103 Å². The SMILES string of the molecule is CC(N)C1=NC(=O)C(c2ccc(F)cc2)C(=O)N1. The molecule has 0 bridgehead atoms. The maximum Gasteiger partial charge on any atom is 0.264 e. The second kappa shape index (κ2) is 4.66. The number of halogens is 1. The lowest BCUT2D eigenvalue weighted by atomic mass is 9.96. The summed E-state index contributed by atoms with van der Waals surface area (Å²) in [6.45, 7) is 1.62. The predicted octanol–water partition coefficient (Wildman–Crippen LogP) is 0.311. The van der Waals surface area contributed by atoms with Gasteiger partial charge in [-0.1, -0.05) is 12.1 Å². The summed E-state index contributed by atoms with van der Waals surface area (Å²) in [5, 5.41) is 2.48. The fourth-order valence-corrected chi connectivity index (χ4v) is 1.69. The van der Waals surface area contributed by atoms with Crippen molar-refractivity contribution in [3.05, 3.63) is 35.6 Å². The average Bonchev–Trinajstić information content (AvgIpc) is 2.30. The number of hydrogen-bond acceptors (Lipinski definition) is 3. The molecular formula is C12H12FN3O2. The van der Waals surface area contributed by atoms with Crippen molar-refractivity contribution in [2.24, 2.45) is 10.7 Å². The van der Waals surface area contributed by atoms with Crippen molar-refractivity contribution in [1.82, 2.24) is 5.32 Å². The van der Waals surface area contributed by atoms with Crippen LogP contribution >= 0.6 is 0 Å². The molecule has 1 aromatic carbocycles. The van der Waals surface area contributed by atoms with Gasteiger partial charge in [-0.15, -0.1) is 0 Å². The third-order valence-corrected chi connectivity index (χ3v) is 2.63. The summed E-state index contributed by atoms with van der Waals surface area (Å²) in [5.74, 6) is -2.38. The van der Waals surface area contributed by atoms with Crippen LogP contribution in [0, 0.1) is 5.82 Å². The third-order valence-electron chi connectivity index (χ3n) is 2.63. The van der Waals surface area contributed by atoms with Crippen molar-refractivity contribution in [3.63, 3.8) is 0 Å². The highest BCUT2D eigenvalue weighted by molar-refractivity contribution is 6.20. The normalized spacial score (nSPS) is 21.3. The van der Waals surface area contributed by atoms with E-state index >= 15 is 0 Å². The molecular weight excluding hydrogens is 237 g/mol. The van der Waals surface area contributed by atoms with Crippen LogP contribution in [0.5, 0.6) is 0 Å². The number of amidine groups is 1. The monoisotopic (exact) mass is 249 g/mol. The number of aliphatic imine (C=N–C) groups is 1. The van der Waals surface area contributed by atoms with E-state index in [1.54, 1.807) is 6.92 Å². The first-order valence-corrected chi connectivity index (χ1v) is 5.43. The zero-order valence-corrected chi connectivity index (χ0v) is 9.68. The van der Waals surface area contributed by atoms with Crippen LogP contribution in [0.2, 0.25) is 0 Å². The van der Waals surface area contributed by atoms with Crippen LogP contribution in [-0.4, -0.2) is 23.7 Å². The molecule has 0 spiro atoms. The summed E-state index contributed by atoms with van der Waals surface area (Å²) < 4.78 is 12.8. The number of carbonyl (C=O) groups is 2. The van der Waals surface area contributed by atoms with Gasteiger partial charge in [0, 0.05) is 0 Å². The van der Waals surface area contributed by atoms with E-state index in [0.29, 0.717) is 5.56 Å². The highest BCUT2D eigenvalue weighted by atomic mass is 19.1. The topological polar surface area (TPSA) is 84.5 Å². The van der Waals surface area contributed by atoms with Gasteiger partial charge in [-0.3, -0.25) is 9.59 Å². The lowest BCUT2D eigenvalue weighted by Gasteiger charge is -2.21. The van der Waals surface area contributed by atoms with E-state index in [4.69, 9.17) is 5.73 Å². The zero-order valence-electron chi connectivity index (χ0n) is 9.68. The second-order valence-electron chi connectivity index (χ2n) is 4.10. The molecule has 1 aliphatic heterocycles. The molecule has 2 rings (SSSR count). The number of amides is 2. The Morgan fingerprint density at radius 1 is 1.33 bits per heavy atom. The average molecular weight is 249 g/mol. The summed E-state index contributed by atoms with van der Waals surface area (Å²) in [7, 11) is 0. The van der Waals surface area contributed by atoms with Crippen LogP contribution < -0.4 is 11.1 Å². The largest absolute Gasteiger partial charge is 0.322 e. The van der Waals surface area contributed by atoms with Gasteiger partial charge in [-0.05, 0) is 24.6 Å². The van der Waals surface area contributed by atoms with E-state index in [0.717, 1.165) is 0 Å². The van der Waals surface area contributed by atoms with E-state index < -0.39 is 29.6 Å². The molecule has 0 fully saturated rings. The number of nitrogens with zero attached hydrogens (tertiary/aromatic N) is 1. The highest BCUT2D eigenvalue weighted by Crippen LogP contribution is 2.20. The first-order chi connectivity index (χ1) is 8.49. The Balaban J connectivity index is 2.33. The van der Waals surface area contributed by atoms with Gasteiger partial charge in [0.1, 0.15) is 17.6 Å². The number of benzene rings is 1. The quantitative estimate of drug-likeness (QED) is 0.740. The second-order valence-corrected chi connectivity index (χ2v) is 4.10. The molecule has 6 heteroatoms. The Morgan fingerprint density at radius 3 is 2.44 bits per heavy atom. The van der Waals surface area contributed by atoms with Gasteiger partial charge >= 0.3 is 0 Å². The van der Waals surface area contributed by atoms with Gasteiger partial charge in [0.2, 0.25) is 5.91 Å². The third kappa shape index (κ3) is 2.28. The molecule has 2 amide bonds. The summed E-state index contributed by atoms with van der Waals surface area (Å²) in [6.07, 6.45) is 0. The van der Waals surface area contributed by atoms with Crippen molar-refractivity contribution in [2.45, 2.75) is 18.9 Å². The van der Waals surface area contributed by atoms with E-state index in [9.17, 15) is 14.0 Å². The minimum Gasteiger partial charge on any atom is -0.322 e. The predicted molar refractivity (Wildman–Crippen MR) is 63.4 cm³/mol. The Kier molecular flexibility index (Phi) is 3.20. The van der Waals surface area contributed by atoms with Crippen LogP contribution in [0.1, 0.15) is 18.4 Å². The van der Waals surface area contributed by atoms with E-state index in [-0.39, 0.29) is 5.84 Å². The standard InChI is InChI=1S/C12H12FN3O2/c1-6(14)10-15-11(17)9(12(18)16-10)7-2-4-8(13)5-3-7/h2-6,9H,14H2,1H3,(H,15,16,17,18). The van der Waals surface area contributed by atoms with Gasteiger partial charge in [0.05, 0.1) is 6.04 Å². The first kappa shape index (κ1) is 12.4. The smallest absolute Gasteiger partial charge is 0.264 e. The molecule has 1 aliphatic rings. The van der Waals surface area contributed by atoms with Gasteiger partial charge < -0.3 is 11.1 Å². The summed E-state index contributed by atoms with van der Waals surface area (Å²) >= 11 is 0. The molecule has 0 aliphatic carbocycles. The molecule has 18 heavy (non-hydrogen) atoms. The lowest BCUT2D eigenvalue weighted by molar-refractivity contribution is -0.129. The van der Waals surface area contributed by atoms with Gasteiger partial charge in [-0.2, -0.15) is 4.99 Å². The van der Waals surface area contributed by atoms with Crippen molar-refractivity contribution in [1.29, 1.82) is 0 Å². The number of carbonyl (C=O) groups excluding carboxylic acids is 2. The minimum atomic E-state index is -1.03. The molecule has 2 atom stereocenters. The van der Waals surface area contributed by atoms with Gasteiger partial charge in [0.15, 0.2) is 0 Å². The Morgan fingerprint density at radius 2 is 1.94 bits per heavy atom. The van der Waals surface area contributed by atoms with Crippen molar-refractivity contribution in [3.8, 4) is 0 Å². The van der Waals surface area contributed by atoms with Gasteiger partial charge in [0.25, 0.3) is 5.91 Å². The molecule has 0 radical (unpaired) electrons. The molecule has 5 nitrogen and oxygen atoms in total. The summed E-state index contributed by atoms with van der Waals surface area (Å²) in [6, 6.07) is 4.65. The first-order valence-electron chi connectivity index (χ1n) is 5.43. The van der Waals surface area contributed by atoms with Crippen molar-refractivity contribution < 1.29 is 14.0 Å². The van der Waals surface area contributed by atoms with E-state index in [1.807, 2.05) is 0 Å². The molecule has 0 saturated carbocycles. The molecule has 94 valence electrons. The summed E-state index contributed by atoms with van der Waals surface area (Å²) in [4.78, 5) is 27.4. The highest BCUT2D eigenvalue weighted by Gasteiger charge is 2.33. The number of nitrogens with two attached hydrogens (primary N) is 1. The fourth-order valence-electron chi connectivity index (χ4n) is 1.69. The molecule has 2 unspecified atom stereocenters. The zero-order chi connectivity index (χ0) is 13.3. The Hall–Kier alpha value is -2.08. The van der Waals surface area contributed by atoms with Crippen LogP contribution in [-0.2, 0) is 9.59 Å². The molecule has 0 aromatic heterocycles. The lowest BCUT2D eigenvalue weighted by Crippen LogP contribution is -2.49. The van der Waals surface area contributed by atoms with Crippen LogP contribution in [0.3, 0.4) is 0 Å². The summed E-state index contributed by atoms with van der Waals surface area (Å²) in [5.41, 5.74) is 5.96. The fraction of sp³-hybridized carbons (Fsp3) is 0.250. The Bertz CT molecular complexity index is 523. The van der Waals surface area contributed by atoms with Crippen LogP contribution in [0.4, 0.5) is 4.39 Å². The van der Waals surface area contributed by atoms with Crippen molar-refractivity contribution in [2.75, 3.05) is 0 Å². The molecule has 3 N–H and O–H groups in total. The minimum absolute atomic E-state index is 0.156. The van der Waals surface area contributed by atoms with E-state index in [2.05, 4.69) is 10.3 Å². The molecule has 1 aromatic rings. The number of hydrogen-bond donors (Lipinski definition) is 2. The number of nitrogens with one attached hydrogen (secondary N) is 1. The van der Waals surface area contributed by atoms with Crippen molar-refractivity contribution >= 4 is 17.6 Å². The van der Waals surface area contributed by atoms with Crippen LogP contribution in [0.25, 0.3) is 0 Å². The van der Waals surface area contributed by atoms with E-state index in [1.165, 1.54) is 24.3 Å².